The van der Waals surface area contributed by atoms with E-state index in [1.165, 1.54) is 0 Å². The van der Waals surface area contributed by atoms with Gasteiger partial charge in [-0.15, -0.1) is 0 Å². The van der Waals surface area contributed by atoms with Gasteiger partial charge in [0.2, 0.25) is 0 Å². The minimum absolute atomic E-state index is 0.131. The first-order chi connectivity index (χ1) is 10.2. The van der Waals surface area contributed by atoms with E-state index in [4.69, 9.17) is 9.47 Å². The van der Waals surface area contributed by atoms with E-state index in [1.807, 2.05) is 37.4 Å². The van der Waals surface area contributed by atoms with Gasteiger partial charge in [-0.3, -0.25) is 0 Å². The molecule has 0 saturated carbocycles. The lowest BCUT2D eigenvalue weighted by molar-refractivity contribution is 0.354. The molecule has 0 aliphatic heterocycles. The Kier molecular flexibility index (Phi) is 5.06. The summed E-state index contributed by atoms with van der Waals surface area (Å²) >= 11 is 0. The first kappa shape index (κ1) is 15.2. The van der Waals surface area contributed by atoms with E-state index < -0.39 is 0 Å². The van der Waals surface area contributed by atoms with Crippen molar-refractivity contribution < 1.29 is 14.6 Å². The first-order valence-corrected chi connectivity index (χ1v) is 6.85. The molecule has 0 aromatic heterocycles. The van der Waals surface area contributed by atoms with Crippen LogP contribution in [0.2, 0.25) is 0 Å². The highest BCUT2D eigenvalue weighted by atomic mass is 16.5. The molecule has 2 rings (SSSR count). The number of phenolic OH excluding ortho intramolecular Hbond substituents is 1. The van der Waals surface area contributed by atoms with Crippen molar-refractivity contribution in [1.29, 1.82) is 0 Å². The zero-order valence-corrected chi connectivity index (χ0v) is 12.6. The summed E-state index contributed by atoms with van der Waals surface area (Å²) in [5, 5.41) is 12.9. The van der Waals surface area contributed by atoms with Gasteiger partial charge in [0.15, 0.2) is 11.5 Å². The third-order valence-corrected chi connectivity index (χ3v) is 3.51. The van der Waals surface area contributed by atoms with Crippen LogP contribution in [0.25, 0.3) is 0 Å². The van der Waals surface area contributed by atoms with E-state index in [0.29, 0.717) is 11.5 Å². The maximum atomic E-state index is 9.56. The number of benzene rings is 2. The number of methoxy groups -OCH3 is 2. The van der Waals surface area contributed by atoms with E-state index in [2.05, 4.69) is 5.32 Å². The summed E-state index contributed by atoms with van der Waals surface area (Å²) in [4.78, 5) is 0. The van der Waals surface area contributed by atoms with Gasteiger partial charge in [0.1, 0.15) is 5.75 Å². The number of ether oxygens (including phenoxy) is 2. The molecule has 0 heterocycles. The third-order valence-electron chi connectivity index (χ3n) is 3.51. The number of aromatic hydroxyl groups is 1. The van der Waals surface area contributed by atoms with E-state index >= 15 is 0 Å². The molecule has 2 N–H and O–H groups in total. The van der Waals surface area contributed by atoms with Crippen molar-refractivity contribution in [1.82, 2.24) is 5.32 Å². The number of phenols is 1. The van der Waals surface area contributed by atoms with Gasteiger partial charge in [-0.25, -0.2) is 0 Å². The molecule has 4 heteroatoms. The highest BCUT2D eigenvalue weighted by molar-refractivity contribution is 5.44. The fraction of sp³-hybridized carbons (Fsp3) is 0.294. The highest BCUT2D eigenvalue weighted by Gasteiger charge is 2.13. The monoisotopic (exact) mass is 287 g/mol. The second-order valence-electron chi connectivity index (χ2n) is 4.83. The maximum Gasteiger partial charge on any atom is 0.161 e. The van der Waals surface area contributed by atoms with Crippen molar-refractivity contribution in [3.05, 3.63) is 53.6 Å². The third kappa shape index (κ3) is 3.67. The van der Waals surface area contributed by atoms with E-state index in [-0.39, 0.29) is 11.8 Å². The Balaban J connectivity index is 2.25. The fourth-order valence-electron chi connectivity index (χ4n) is 2.38. The Labute approximate surface area is 125 Å². The molecule has 0 bridgehead atoms. The molecule has 0 saturated heterocycles. The summed E-state index contributed by atoms with van der Waals surface area (Å²) in [5.74, 6) is 1.72. The molecule has 1 atom stereocenters. The van der Waals surface area contributed by atoms with Crippen molar-refractivity contribution in [2.24, 2.45) is 0 Å². The summed E-state index contributed by atoms with van der Waals surface area (Å²) in [5.41, 5.74) is 2.18. The second-order valence-corrected chi connectivity index (χ2v) is 4.83. The van der Waals surface area contributed by atoms with Gasteiger partial charge in [0.05, 0.1) is 14.2 Å². The fourth-order valence-corrected chi connectivity index (χ4v) is 2.38. The van der Waals surface area contributed by atoms with Crippen LogP contribution >= 0.6 is 0 Å². The molecule has 0 aliphatic rings. The van der Waals surface area contributed by atoms with Crippen LogP contribution in [0.15, 0.2) is 42.5 Å². The molecule has 2 aromatic carbocycles. The average molecular weight is 287 g/mol. The lowest BCUT2D eigenvalue weighted by atomic mass is 9.98. The highest BCUT2D eigenvalue weighted by Crippen LogP contribution is 2.31. The van der Waals surface area contributed by atoms with Crippen LogP contribution in [0.4, 0.5) is 0 Å². The van der Waals surface area contributed by atoms with E-state index in [0.717, 1.165) is 17.5 Å². The molecule has 2 aromatic rings. The Bertz CT molecular complexity index is 598. The average Bonchev–Trinajstić information content (AvgIpc) is 2.52. The number of hydrogen-bond donors (Lipinski definition) is 2. The zero-order valence-electron chi connectivity index (χ0n) is 12.6. The number of hydrogen-bond acceptors (Lipinski definition) is 4. The van der Waals surface area contributed by atoms with Crippen LogP contribution in [-0.4, -0.2) is 26.4 Å². The van der Waals surface area contributed by atoms with Crippen LogP contribution in [0.1, 0.15) is 17.2 Å². The molecule has 0 spiro atoms. The number of likely N-dealkylation sites (N-methyl/N-ethyl adjacent to an activating group) is 1. The van der Waals surface area contributed by atoms with Crippen molar-refractivity contribution in [2.45, 2.75) is 12.5 Å². The summed E-state index contributed by atoms with van der Waals surface area (Å²) in [7, 11) is 5.18. The van der Waals surface area contributed by atoms with Crippen LogP contribution in [0, 0.1) is 0 Å². The summed E-state index contributed by atoms with van der Waals surface area (Å²) in [6.45, 7) is 0. The van der Waals surface area contributed by atoms with Gasteiger partial charge < -0.3 is 19.9 Å². The van der Waals surface area contributed by atoms with E-state index in [9.17, 15) is 5.11 Å². The quantitative estimate of drug-likeness (QED) is 0.857. The SMILES string of the molecule is CNC(Cc1cccc(O)c1)c1ccc(OC)c(OC)c1. The molecule has 0 radical (unpaired) electrons. The molecule has 1 unspecified atom stereocenters. The smallest absolute Gasteiger partial charge is 0.161 e. The molecule has 0 amide bonds. The van der Waals surface area contributed by atoms with Gasteiger partial charge in [0, 0.05) is 6.04 Å². The zero-order chi connectivity index (χ0) is 15.2. The number of rotatable bonds is 6. The Hall–Kier alpha value is -2.20. The van der Waals surface area contributed by atoms with Gasteiger partial charge in [-0.05, 0) is 48.9 Å². The first-order valence-electron chi connectivity index (χ1n) is 6.85. The Morgan fingerprint density at radius 2 is 1.81 bits per heavy atom. The lowest BCUT2D eigenvalue weighted by Crippen LogP contribution is -2.18. The molecule has 0 aliphatic carbocycles. The minimum atomic E-state index is 0.131. The molecule has 0 fully saturated rings. The predicted molar refractivity (Wildman–Crippen MR) is 83.2 cm³/mol. The largest absolute Gasteiger partial charge is 0.508 e. The predicted octanol–water partition coefficient (Wildman–Crippen LogP) is 2.91. The van der Waals surface area contributed by atoms with Crippen molar-refractivity contribution in [3.63, 3.8) is 0 Å². The molecule has 4 nitrogen and oxygen atoms in total. The van der Waals surface area contributed by atoms with Gasteiger partial charge >= 0.3 is 0 Å². The standard InChI is InChI=1S/C17H21NO3/c1-18-15(10-12-5-4-6-14(19)9-12)13-7-8-16(20-2)17(11-13)21-3/h4-9,11,15,18-19H,10H2,1-3H3. The van der Waals surface area contributed by atoms with Crippen LogP contribution < -0.4 is 14.8 Å². The van der Waals surface area contributed by atoms with Crippen LogP contribution in [0.5, 0.6) is 17.2 Å². The molecule has 112 valence electrons. The number of nitrogens with one attached hydrogen (secondary N) is 1. The Morgan fingerprint density at radius 3 is 2.43 bits per heavy atom. The maximum absolute atomic E-state index is 9.56. The van der Waals surface area contributed by atoms with E-state index in [1.54, 1.807) is 26.4 Å². The van der Waals surface area contributed by atoms with Gasteiger partial charge in [-0.2, -0.15) is 0 Å². The van der Waals surface area contributed by atoms with Gasteiger partial charge in [0.25, 0.3) is 0 Å². The normalized spacial score (nSPS) is 12.0. The van der Waals surface area contributed by atoms with Crippen LogP contribution in [-0.2, 0) is 6.42 Å². The Morgan fingerprint density at radius 1 is 1.05 bits per heavy atom. The molecular weight excluding hydrogens is 266 g/mol. The lowest BCUT2D eigenvalue weighted by Gasteiger charge is -2.18. The molecule has 21 heavy (non-hydrogen) atoms. The summed E-state index contributed by atoms with van der Waals surface area (Å²) < 4.78 is 10.6. The van der Waals surface area contributed by atoms with Gasteiger partial charge in [-0.1, -0.05) is 18.2 Å². The van der Waals surface area contributed by atoms with Crippen molar-refractivity contribution in [2.75, 3.05) is 21.3 Å². The van der Waals surface area contributed by atoms with Crippen molar-refractivity contribution in [3.8, 4) is 17.2 Å². The van der Waals surface area contributed by atoms with Crippen molar-refractivity contribution >= 4 is 0 Å². The summed E-state index contributed by atoms with van der Waals surface area (Å²) in [6, 6.07) is 13.3. The topological polar surface area (TPSA) is 50.7 Å². The summed E-state index contributed by atoms with van der Waals surface area (Å²) in [6.07, 6.45) is 0.778. The molecular formula is C17H21NO3. The van der Waals surface area contributed by atoms with Crippen LogP contribution in [0.3, 0.4) is 0 Å². The minimum Gasteiger partial charge on any atom is -0.508 e. The second kappa shape index (κ2) is 6.99.